The molecule has 35 heteroatoms. The SMILES string of the molecule is CC(C)(CO)Nc1nc(NCc2ccccc2C(F)(F)F)ncc1C#N.Cc1cnnn1-c1ccccc1CNc1ncc(C(F)(F)F)c(C[C@@H]2CC[C@@H](O)C(C)(C)C2)n1.N#Cc1cnc(NCc2c(F)cccc2Cl)nc1NC1CCC(O)CC1.N#Cc1cnc(NCc2ccccc2N2CCOCC2)nc1NC1CCC(O)CC1. The number of ether oxygens (including phenoxy) is 1. The van der Waals surface area contributed by atoms with Crippen molar-refractivity contribution in [2.24, 2.45) is 11.3 Å². The summed E-state index contributed by atoms with van der Waals surface area (Å²) in [4.78, 5) is 36.0. The summed E-state index contributed by atoms with van der Waals surface area (Å²) in [5, 5.41) is 96.6. The number of hydrogen-bond donors (Lipinski definition) is 11. The van der Waals surface area contributed by atoms with E-state index in [1.54, 1.807) is 43.1 Å². The maximum absolute atomic E-state index is 13.9. The molecule has 614 valence electrons. The average Bonchev–Trinajstić information content (AvgIpc) is 0.979. The van der Waals surface area contributed by atoms with Crippen molar-refractivity contribution in [3.05, 3.63) is 194 Å². The number of morpholine rings is 1. The van der Waals surface area contributed by atoms with Gasteiger partial charge < -0.3 is 67.3 Å². The Bertz CT molecular complexity index is 4840. The van der Waals surface area contributed by atoms with Crippen LogP contribution in [0.4, 0.5) is 77.7 Å². The minimum absolute atomic E-state index is 0.0115. The standard InChI is InChI=1S/C24H29F3N6O.C22H28N6O2.C18H19ClFN5O.C17H18F3N5O/c1-15-12-30-32-33(15)20-7-5-4-6-17(20)13-28-22-29-14-18(24(25,26)27)19(31-22)10-16-8-9-21(34)23(2,3)11-16;23-13-17-15-25-22(27-21(17)26-18-5-7-19(29)8-6-18)24-14-16-3-1-2-4-20(16)28-9-11-30-12-10-28;19-15-2-1-3-16(20)14(15)10-23-18-22-9-11(8-21)17(25-18)24-12-4-6-13(26)7-5-12;1-16(2,10-26)25-14-12(7-21)9-23-15(24-14)22-8-11-5-3-4-6-13(11)17(18,19)20/h4-7,12,14,16,21,34H,8-11,13H2,1-3H3,(H,28,29,31);1-4,15,18-19,29H,5-12,14H2,(H2,24,25,26,27);1-3,9,12-13,26H,4-7,10H2,(H2,22,23,24,25);3-6,9,26H,8,10H2,1-2H3,(H2,22,23,24,25)/t16-,21+;;;/m0.../s1. The summed E-state index contributed by atoms with van der Waals surface area (Å²) in [6.45, 7) is 13.2. The monoisotopic (exact) mass is 1620 g/mol. The van der Waals surface area contributed by atoms with Gasteiger partial charge in [0.2, 0.25) is 23.8 Å². The second kappa shape index (κ2) is 40.4. The van der Waals surface area contributed by atoms with Crippen molar-refractivity contribution < 1.29 is 55.9 Å². The fraction of sp³-hybridized carbons (Fsp3) is 0.444. The molecule has 0 bridgehead atoms. The maximum Gasteiger partial charge on any atom is 0.419 e. The minimum atomic E-state index is -4.53. The van der Waals surface area contributed by atoms with Crippen LogP contribution in [-0.2, 0) is 49.7 Å². The Labute approximate surface area is 672 Å². The Morgan fingerprint density at radius 1 is 0.560 bits per heavy atom. The number of benzene rings is 4. The molecule has 6 heterocycles. The lowest BCUT2D eigenvalue weighted by molar-refractivity contribution is -0.139. The van der Waals surface area contributed by atoms with Gasteiger partial charge in [-0.15, -0.1) is 5.10 Å². The van der Waals surface area contributed by atoms with Gasteiger partial charge in [0.25, 0.3) is 0 Å². The summed E-state index contributed by atoms with van der Waals surface area (Å²) in [6.07, 6.45) is 5.29. The van der Waals surface area contributed by atoms with Crippen LogP contribution in [-0.4, -0.2) is 144 Å². The van der Waals surface area contributed by atoms with E-state index in [2.05, 4.69) is 123 Å². The molecule has 1 saturated heterocycles. The van der Waals surface area contributed by atoms with E-state index >= 15 is 0 Å². The minimum Gasteiger partial charge on any atom is -0.394 e. The summed E-state index contributed by atoms with van der Waals surface area (Å²) in [5.41, 5.74) is 3.62. The van der Waals surface area contributed by atoms with Crippen molar-refractivity contribution in [2.45, 2.75) is 186 Å². The van der Waals surface area contributed by atoms with Crippen molar-refractivity contribution in [1.82, 2.24) is 54.9 Å². The second-order valence-corrected chi connectivity index (χ2v) is 30.4. The number of aromatic nitrogens is 11. The van der Waals surface area contributed by atoms with Gasteiger partial charge >= 0.3 is 12.4 Å². The highest BCUT2D eigenvalue weighted by molar-refractivity contribution is 6.31. The number of hydrogen-bond acceptors (Lipinski definition) is 26. The van der Waals surface area contributed by atoms with Gasteiger partial charge in [-0.1, -0.05) is 91.3 Å². The molecule has 3 saturated carbocycles. The molecule has 0 spiro atoms. The normalized spacial score (nSPS) is 18.6. The smallest absolute Gasteiger partial charge is 0.394 e. The quantitative estimate of drug-likeness (QED) is 0.0265. The first-order chi connectivity index (χ1) is 55.5. The molecule has 0 radical (unpaired) electrons. The van der Waals surface area contributed by atoms with Crippen LogP contribution in [0.3, 0.4) is 0 Å². The van der Waals surface area contributed by atoms with Crippen molar-refractivity contribution in [2.75, 3.05) is 75.0 Å². The Morgan fingerprint density at radius 2 is 1.03 bits per heavy atom. The molecule has 4 aliphatic rings. The predicted octanol–water partition coefficient (Wildman–Crippen LogP) is 13.9. The topological polar surface area (TPSA) is 383 Å². The van der Waals surface area contributed by atoms with Crippen LogP contribution in [0.15, 0.2) is 122 Å². The number of para-hydroxylation sites is 2. The van der Waals surface area contributed by atoms with Crippen LogP contribution >= 0.6 is 11.6 Å². The van der Waals surface area contributed by atoms with Crippen LogP contribution in [0, 0.1) is 58.1 Å². The number of alkyl halides is 6. The third-order valence-corrected chi connectivity index (χ3v) is 20.6. The number of aliphatic hydroxyl groups is 4. The van der Waals surface area contributed by atoms with E-state index in [-0.39, 0.29) is 102 Å². The molecule has 5 aromatic heterocycles. The number of anilines is 8. The van der Waals surface area contributed by atoms with E-state index in [1.165, 1.54) is 47.9 Å². The highest BCUT2D eigenvalue weighted by Gasteiger charge is 2.40. The molecule has 9 aromatic rings. The largest absolute Gasteiger partial charge is 0.419 e. The number of nitriles is 3. The van der Waals surface area contributed by atoms with Crippen molar-refractivity contribution in [3.63, 3.8) is 0 Å². The zero-order chi connectivity index (χ0) is 83.2. The first-order valence-corrected chi connectivity index (χ1v) is 38.5. The molecule has 13 rings (SSSR count). The molecule has 11 N–H and O–H groups in total. The first kappa shape index (κ1) is 87.2. The molecule has 3 aliphatic carbocycles. The zero-order valence-electron chi connectivity index (χ0n) is 64.8. The Balaban J connectivity index is 0.000000164. The fourth-order valence-electron chi connectivity index (χ4n) is 13.8. The van der Waals surface area contributed by atoms with Crippen LogP contribution in [0.25, 0.3) is 5.69 Å². The van der Waals surface area contributed by atoms with Crippen LogP contribution < -0.4 is 42.1 Å². The van der Waals surface area contributed by atoms with Crippen LogP contribution in [0.2, 0.25) is 5.02 Å². The zero-order valence-corrected chi connectivity index (χ0v) is 65.5. The molecule has 4 aromatic carbocycles. The summed E-state index contributed by atoms with van der Waals surface area (Å²) >= 11 is 6.02. The Morgan fingerprint density at radius 3 is 1.54 bits per heavy atom. The van der Waals surface area contributed by atoms with Gasteiger partial charge in [0.1, 0.15) is 58.2 Å². The lowest BCUT2D eigenvalue weighted by atomic mass is 9.69. The van der Waals surface area contributed by atoms with Gasteiger partial charge in [-0.2, -0.15) is 57.1 Å². The van der Waals surface area contributed by atoms with Gasteiger partial charge in [-0.3, -0.25) is 0 Å². The van der Waals surface area contributed by atoms with Gasteiger partial charge in [-0.05, 0) is 156 Å². The molecule has 27 nitrogen and oxygen atoms in total. The summed E-state index contributed by atoms with van der Waals surface area (Å²) in [7, 11) is 0. The summed E-state index contributed by atoms with van der Waals surface area (Å²) in [6, 6.07) is 32.1. The molecular weight excluding hydrogens is 1530 g/mol. The molecule has 1 aliphatic heterocycles. The van der Waals surface area contributed by atoms with E-state index in [9.17, 15) is 61.7 Å². The molecular formula is C81H94ClF7N22O5. The van der Waals surface area contributed by atoms with Crippen molar-refractivity contribution >= 4 is 58.5 Å². The predicted molar refractivity (Wildman–Crippen MR) is 424 cm³/mol. The van der Waals surface area contributed by atoms with Gasteiger partial charge in [-0.25, -0.2) is 34.0 Å². The summed E-state index contributed by atoms with van der Waals surface area (Å²) in [5.74, 6) is 1.76. The third-order valence-electron chi connectivity index (χ3n) is 20.3. The van der Waals surface area contributed by atoms with Gasteiger partial charge in [0.05, 0.1) is 96.7 Å². The number of rotatable bonds is 23. The number of aryl methyl sites for hydroxylation is 1. The first-order valence-electron chi connectivity index (χ1n) is 38.1. The Hall–Kier alpha value is -11.2. The number of halogens is 8. The average molecular weight is 1620 g/mol. The van der Waals surface area contributed by atoms with Crippen LogP contribution in [0.5, 0.6) is 0 Å². The number of aliphatic hydroxyl groups excluding tert-OH is 4. The molecule has 0 amide bonds. The van der Waals surface area contributed by atoms with Gasteiger partial charge in [0, 0.05) is 73.8 Å². The Kier molecular flexibility index (Phi) is 30.4. The lowest BCUT2D eigenvalue weighted by Gasteiger charge is -2.39. The number of nitrogens with one attached hydrogen (secondary N) is 7. The van der Waals surface area contributed by atoms with E-state index in [0.717, 1.165) is 107 Å². The fourth-order valence-corrected chi connectivity index (χ4v) is 14.0. The van der Waals surface area contributed by atoms with E-state index in [0.29, 0.717) is 71.6 Å². The highest BCUT2D eigenvalue weighted by Crippen LogP contribution is 2.42. The summed E-state index contributed by atoms with van der Waals surface area (Å²) < 4.78 is 101. The lowest BCUT2D eigenvalue weighted by Crippen LogP contribution is -2.37. The molecule has 0 unspecified atom stereocenters. The van der Waals surface area contributed by atoms with Crippen molar-refractivity contribution in [1.29, 1.82) is 15.8 Å². The second-order valence-electron chi connectivity index (χ2n) is 30.0. The molecule has 2 atom stereocenters. The van der Waals surface area contributed by atoms with E-state index in [4.69, 9.17) is 21.6 Å². The highest BCUT2D eigenvalue weighted by atomic mass is 35.5. The van der Waals surface area contributed by atoms with Crippen LogP contribution in [0.1, 0.15) is 160 Å². The molecule has 116 heavy (non-hydrogen) atoms. The van der Waals surface area contributed by atoms with E-state index < -0.39 is 40.9 Å². The number of nitrogens with zero attached hydrogens (tertiary/aromatic N) is 15. The molecule has 4 fully saturated rings. The third kappa shape index (κ3) is 24.7. The maximum atomic E-state index is 13.9. The van der Waals surface area contributed by atoms with Crippen molar-refractivity contribution in [3.8, 4) is 23.9 Å². The van der Waals surface area contributed by atoms with E-state index in [1.807, 2.05) is 57.2 Å². The van der Waals surface area contributed by atoms with Gasteiger partial charge in [0.15, 0.2) is 0 Å².